The van der Waals surface area contributed by atoms with Gasteiger partial charge in [-0.05, 0) is 24.6 Å². The van der Waals surface area contributed by atoms with E-state index in [9.17, 15) is 9.59 Å². The van der Waals surface area contributed by atoms with Crippen molar-refractivity contribution >= 4 is 11.9 Å². The SMILES string of the molecule is CCOC(=O)CCNC(=O)c1ccc(CO)cc1. The molecule has 0 aliphatic carbocycles. The van der Waals surface area contributed by atoms with Crippen molar-refractivity contribution in [1.29, 1.82) is 0 Å². The number of carbonyl (C=O) groups is 2. The molecule has 0 unspecified atom stereocenters. The maximum Gasteiger partial charge on any atom is 0.307 e. The number of amides is 1. The lowest BCUT2D eigenvalue weighted by atomic mass is 10.1. The quantitative estimate of drug-likeness (QED) is 0.735. The first-order valence-corrected chi connectivity index (χ1v) is 5.81. The molecule has 98 valence electrons. The van der Waals surface area contributed by atoms with Gasteiger partial charge in [0, 0.05) is 12.1 Å². The summed E-state index contributed by atoms with van der Waals surface area (Å²) < 4.78 is 4.74. The second kappa shape index (κ2) is 7.45. The third kappa shape index (κ3) is 4.55. The third-order valence-corrected chi connectivity index (χ3v) is 2.32. The van der Waals surface area contributed by atoms with Gasteiger partial charge in [0.15, 0.2) is 0 Å². The Morgan fingerprint density at radius 3 is 2.50 bits per heavy atom. The van der Waals surface area contributed by atoms with Gasteiger partial charge in [-0.15, -0.1) is 0 Å². The van der Waals surface area contributed by atoms with Crippen LogP contribution in [0.4, 0.5) is 0 Å². The lowest BCUT2D eigenvalue weighted by Crippen LogP contribution is -2.26. The van der Waals surface area contributed by atoms with Crippen LogP contribution in [0.1, 0.15) is 29.3 Å². The van der Waals surface area contributed by atoms with Gasteiger partial charge in [-0.25, -0.2) is 0 Å². The third-order valence-electron chi connectivity index (χ3n) is 2.32. The predicted molar refractivity (Wildman–Crippen MR) is 65.9 cm³/mol. The average molecular weight is 251 g/mol. The molecule has 0 aliphatic rings. The second-order valence-corrected chi connectivity index (χ2v) is 3.67. The highest BCUT2D eigenvalue weighted by atomic mass is 16.5. The van der Waals surface area contributed by atoms with Crippen LogP contribution in [-0.2, 0) is 16.1 Å². The molecule has 2 N–H and O–H groups in total. The van der Waals surface area contributed by atoms with E-state index in [4.69, 9.17) is 9.84 Å². The van der Waals surface area contributed by atoms with Gasteiger partial charge in [0.1, 0.15) is 0 Å². The van der Waals surface area contributed by atoms with E-state index in [1.54, 1.807) is 31.2 Å². The number of aliphatic hydroxyl groups is 1. The molecule has 0 saturated heterocycles. The summed E-state index contributed by atoms with van der Waals surface area (Å²) in [6, 6.07) is 6.62. The molecule has 0 atom stereocenters. The first-order chi connectivity index (χ1) is 8.67. The van der Waals surface area contributed by atoms with Gasteiger partial charge >= 0.3 is 5.97 Å². The molecular weight excluding hydrogens is 234 g/mol. The Balaban J connectivity index is 2.38. The van der Waals surface area contributed by atoms with Gasteiger partial charge in [-0.1, -0.05) is 12.1 Å². The molecule has 18 heavy (non-hydrogen) atoms. The number of hydrogen-bond donors (Lipinski definition) is 2. The van der Waals surface area contributed by atoms with E-state index in [2.05, 4.69) is 5.32 Å². The van der Waals surface area contributed by atoms with Gasteiger partial charge < -0.3 is 15.2 Å². The van der Waals surface area contributed by atoms with Crippen LogP contribution in [0.2, 0.25) is 0 Å². The van der Waals surface area contributed by atoms with Crippen LogP contribution in [0.15, 0.2) is 24.3 Å². The highest BCUT2D eigenvalue weighted by Gasteiger charge is 2.06. The standard InChI is InChI=1S/C13H17NO4/c1-2-18-12(16)7-8-14-13(17)11-5-3-10(9-15)4-6-11/h3-6,15H,2,7-9H2,1H3,(H,14,17). The van der Waals surface area contributed by atoms with Gasteiger partial charge in [0.05, 0.1) is 19.6 Å². The molecule has 0 fully saturated rings. The Labute approximate surface area is 106 Å². The summed E-state index contributed by atoms with van der Waals surface area (Å²) in [7, 11) is 0. The van der Waals surface area contributed by atoms with Gasteiger partial charge in [-0.2, -0.15) is 0 Å². The summed E-state index contributed by atoms with van der Waals surface area (Å²) in [4.78, 5) is 22.7. The van der Waals surface area contributed by atoms with Crippen molar-refractivity contribution in [3.05, 3.63) is 35.4 Å². The topological polar surface area (TPSA) is 75.6 Å². The molecule has 0 heterocycles. The number of nitrogens with one attached hydrogen (secondary N) is 1. The minimum atomic E-state index is -0.326. The Hall–Kier alpha value is -1.88. The second-order valence-electron chi connectivity index (χ2n) is 3.67. The first kappa shape index (κ1) is 14.2. The van der Waals surface area contributed by atoms with Crippen molar-refractivity contribution in [3.8, 4) is 0 Å². The Kier molecular flexibility index (Phi) is 5.87. The van der Waals surface area contributed by atoms with Crippen LogP contribution in [0.5, 0.6) is 0 Å². The molecular formula is C13H17NO4. The lowest BCUT2D eigenvalue weighted by Gasteiger charge is -2.05. The summed E-state index contributed by atoms with van der Waals surface area (Å²) >= 11 is 0. The van der Waals surface area contributed by atoms with Gasteiger partial charge in [-0.3, -0.25) is 9.59 Å². The highest BCUT2D eigenvalue weighted by Crippen LogP contribution is 2.04. The van der Waals surface area contributed by atoms with Crippen LogP contribution in [0.25, 0.3) is 0 Å². The average Bonchev–Trinajstić information content (AvgIpc) is 2.39. The minimum absolute atomic E-state index is 0.0508. The molecule has 5 heteroatoms. The zero-order valence-electron chi connectivity index (χ0n) is 10.3. The molecule has 0 radical (unpaired) electrons. The van der Waals surface area contributed by atoms with E-state index in [0.29, 0.717) is 12.2 Å². The van der Waals surface area contributed by atoms with E-state index in [-0.39, 0.29) is 31.4 Å². The normalized spacial score (nSPS) is 9.89. The lowest BCUT2D eigenvalue weighted by molar-refractivity contribution is -0.142. The van der Waals surface area contributed by atoms with Crippen molar-refractivity contribution in [2.24, 2.45) is 0 Å². The number of esters is 1. The Morgan fingerprint density at radius 2 is 1.94 bits per heavy atom. The summed E-state index contributed by atoms with van der Waals surface area (Å²) in [6.45, 7) is 2.28. The van der Waals surface area contributed by atoms with Gasteiger partial charge in [0.2, 0.25) is 0 Å². The molecule has 1 rings (SSSR count). The van der Waals surface area contributed by atoms with E-state index in [1.165, 1.54) is 0 Å². The van der Waals surface area contributed by atoms with Gasteiger partial charge in [0.25, 0.3) is 5.91 Å². The zero-order chi connectivity index (χ0) is 13.4. The molecule has 1 aromatic carbocycles. The fraction of sp³-hybridized carbons (Fsp3) is 0.385. The van der Waals surface area contributed by atoms with Crippen molar-refractivity contribution in [1.82, 2.24) is 5.32 Å². The van der Waals surface area contributed by atoms with E-state index >= 15 is 0 Å². The number of ether oxygens (including phenoxy) is 1. The molecule has 0 bridgehead atoms. The maximum absolute atomic E-state index is 11.7. The predicted octanol–water partition coefficient (Wildman–Crippen LogP) is 0.862. The molecule has 0 saturated carbocycles. The van der Waals surface area contributed by atoms with Crippen molar-refractivity contribution in [2.75, 3.05) is 13.2 Å². The van der Waals surface area contributed by atoms with Crippen molar-refractivity contribution < 1.29 is 19.4 Å². The molecule has 5 nitrogen and oxygen atoms in total. The molecule has 1 amide bonds. The minimum Gasteiger partial charge on any atom is -0.466 e. The van der Waals surface area contributed by atoms with Crippen LogP contribution >= 0.6 is 0 Å². The van der Waals surface area contributed by atoms with E-state index < -0.39 is 0 Å². The Morgan fingerprint density at radius 1 is 1.28 bits per heavy atom. The summed E-state index contributed by atoms with van der Waals surface area (Å²) in [5, 5.41) is 11.5. The summed E-state index contributed by atoms with van der Waals surface area (Å²) in [6.07, 6.45) is 0.161. The monoisotopic (exact) mass is 251 g/mol. The number of hydrogen-bond acceptors (Lipinski definition) is 4. The van der Waals surface area contributed by atoms with Crippen molar-refractivity contribution in [3.63, 3.8) is 0 Å². The summed E-state index contributed by atoms with van der Waals surface area (Å²) in [5.41, 5.74) is 1.24. The fourth-order valence-electron chi connectivity index (χ4n) is 1.37. The largest absolute Gasteiger partial charge is 0.466 e. The smallest absolute Gasteiger partial charge is 0.307 e. The highest BCUT2D eigenvalue weighted by molar-refractivity contribution is 5.94. The van der Waals surface area contributed by atoms with Crippen molar-refractivity contribution in [2.45, 2.75) is 20.0 Å². The summed E-state index contributed by atoms with van der Waals surface area (Å²) in [5.74, 6) is -0.572. The molecule has 0 spiro atoms. The number of benzene rings is 1. The van der Waals surface area contributed by atoms with E-state index in [0.717, 1.165) is 5.56 Å². The number of rotatable bonds is 6. The van der Waals surface area contributed by atoms with Crippen LogP contribution in [0, 0.1) is 0 Å². The zero-order valence-corrected chi connectivity index (χ0v) is 10.3. The fourth-order valence-corrected chi connectivity index (χ4v) is 1.37. The Bertz CT molecular complexity index is 400. The molecule has 0 aromatic heterocycles. The maximum atomic E-state index is 11.7. The first-order valence-electron chi connectivity index (χ1n) is 5.81. The number of aliphatic hydroxyl groups excluding tert-OH is 1. The van der Waals surface area contributed by atoms with Crippen LogP contribution in [-0.4, -0.2) is 30.1 Å². The van der Waals surface area contributed by atoms with Crippen LogP contribution < -0.4 is 5.32 Å². The number of carbonyl (C=O) groups excluding carboxylic acids is 2. The molecule has 1 aromatic rings. The van der Waals surface area contributed by atoms with E-state index in [1.807, 2.05) is 0 Å². The molecule has 0 aliphatic heterocycles. The van der Waals surface area contributed by atoms with Crippen LogP contribution in [0.3, 0.4) is 0 Å².